The van der Waals surface area contributed by atoms with Gasteiger partial charge in [-0.25, -0.2) is 19.1 Å². The molecule has 1 aromatic heterocycles. The molecule has 0 saturated carbocycles. The minimum Gasteiger partial charge on any atom is -0.463 e. The monoisotopic (exact) mass is 406 g/mol. The number of nitrogens with zero attached hydrogens (tertiary/aromatic N) is 3. The fourth-order valence-electron chi connectivity index (χ4n) is 3.19. The Bertz CT molecular complexity index is 920. The SMILES string of the molecule is CCOC(=O)C1=C(C)NC(C)=C(C(=O)OC(C)(C)C)C1c1ncc([N+](=O)[O-])n1C. The molecule has 1 aromatic rings. The maximum Gasteiger partial charge on any atom is 0.342 e. The zero-order chi connectivity index (χ0) is 22.1. The number of carbonyl (C=O) groups is 2. The van der Waals surface area contributed by atoms with Gasteiger partial charge >= 0.3 is 17.8 Å². The third kappa shape index (κ3) is 4.47. The molecule has 2 heterocycles. The highest BCUT2D eigenvalue weighted by atomic mass is 16.6. The molecule has 0 amide bonds. The summed E-state index contributed by atoms with van der Waals surface area (Å²) < 4.78 is 12.0. The van der Waals surface area contributed by atoms with Gasteiger partial charge in [-0.2, -0.15) is 0 Å². The number of esters is 2. The van der Waals surface area contributed by atoms with Crippen molar-refractivity contribution in [2.75, 3.05) is 6.61 Å². The van der Waals surface area contributed by atoms with E-state index in [0.29, 0.717) is 11.4 Å². The summed E-state index contributed by atoms with van der Waals surface area (Å²) in [5, 5.41) is 14.3. The second-order valence-electron chi connectivity index (χ2n) is 7.65. The van der Waals surface area contributed by atoms with Gasteiger partial charge in [0.25, 0.3) is 0 Å². The third-order valence-electron chi connectivity index (χ3n) is 4.32. The van der Waals surface area contributed by atoms with Crippen LogP contribution in [0.25, 0.3) is 0 Å². The number of imidazole rings is 1. The van der Waals surface area contributed by atoms with Crippen LogP contribution in [0, 0.1) is 10.1 Å². The van der Waals surface area contributed by atoms with E-state index in [9.17, 15) is 19.7 Å². The van der Waals surface area contributed by atoms with Crippen LogP contribution in [-0.4, -0.2) is 38.6 Å². The van der Waals surface area contributed by atoms with Gasteiger partial charge in [0.2, 0.25) is 5.82 Å². The second-order valence-corrected chi connectivity index (χ2v) is 7.65. The van der Waals surface area contributed by atoms with E-state index in [-0.39, 0.29) is 29.4 Å². The molecule has 0 spiro atoms. The van der Waals surface area contributed by atoms with Crippen LogP contribution in [0.1, 0.15) is 53.3 Å². The van der Waals surface area contributed by atoms with E-state index in [1.54, 1.807) is 41.5 Å². The van der Waals surface area contributed by atoms with Gasteiger partial charge in [0, 0.05) is 11.4 Å². The average molecular weight is 406 g/mol. The van der Waals surface area contributed by atoms with Crippen LogP contribution in [0.4, 0.5) is 5.82 Å². The van der Waals surface area contributed by atoms with E-state index in [1.807, 2.05) is 0 Å². The minimum absolute atomic E-state index is 0.132. The molecule has 0 radical (unpaired) electrons. The Balaban J connectivity index is 2.71. The molecule has 29 heavy (non-hydrogen) atoms. The number of nitro groups is 1. The molecule has 158 valence electrons. The third-order valence-corrected chi connectivity index (χ3v) is 4.32. The Labute approximate surface area is 168 Å². The van der Waals surface area contributed by atoms with Crippen molar-refractivity contribution in [3.63, 3.8) is 0 Å². The predicted molar refractivity (Wildman–Crippen MR) is 104 cm³/mol. The molecule has 0 saturated heterocycles. The number of allylic oxidation sites excluding steroid dienone is 2. The summed E-state index contributed by atoms with van der Waals surface area (Å²) >= 11 is 0. The molecule has 1 unspecified atom stereocenters. The molecule has 10 nitrogen and oxygen atoms in total. The first kappa shape index (κ1) is 22.1. The first-order chi connectivity index (χ1) is 13.4. The zero-order valence-electron chi connectivity index (χ0n) is 17.7. The average Bonchev–Trinajstić information content (AvgIpc) is 2.93. The number of dihydropyridines is 1. The number of rotatable bonds is 5. The zero-order valence-corrected chi connectivity index (χ0v) is 17.7. The summed E-state index contributed by atoms with van der Waals surface area (Å²) in [6.07, 6.45) is 1.09. The lowest BCUT2D eigenvalue weighted by molar-refractivity contribution is -0.391. The molecule has 0 bridgehead atoms. The topological polar surface area (TPSA) is 126 Å². The summed E-state index contributed by atoms with van der Waals surface area (Å²) in [4.78, 5) is 40.6. The number of hydrogen-bond acceptors (Lipinski definition) is 8. The molecule has 10 heteroatoms. The molecule has 1 atom stereocenters. The molecule has 1 aliphatic heterocycles. The van der Waals surface area contributed by atoms with Crippen LogP contribution in [0.3, 0.4) is 0 Å². The summed E-state index contributed by atoms with van der Waals surface area (Å²) in [7, 11) is 1.46. The molecule has 0 aromatic carbocycles. The molecular weight excluding hydrogens is 380 g/mol. The molecule has 2 rings (SSSR count). The molecule has 1 N–H and O–H groups in total. The fraction of sp³-hybridized carbons (Fsp3) is 0.526. The van der Waals surface area contributed by atoms with Crippen molar-refractivity contribution in [1.29, 1.82) is 0 Å². The van der Waals surface area contributed by atoms with Gasteiger partial charge < -0.3 is 24.9 Å². The lowest BCUT2D eigenvalue weighted by Gasteiger charge is -2.30. The van der Waals surface area contributed by atoms with Gasteiger partial charge in [-0.15, -0.1) is 0 Å². The summed E-state index contributed by atoms with van der Waals surface area (Å²) in [6, 6.07) is 0. The number of carbonyl (C=O) groups excluding carboxylic acids is 2. The maximum atomic E-state index is 13.0. The van der Waals surface area contributed by atoms with Crippen molar-refractivity contribution in [2.45, 2.75) is 53.1 Å². The van der Waals surface area contributed by atoms with Gasteiger partial charge in [0.1, 0.15) is 17.7 Å². The highest BCUT2D eigenvalue weighted by Crippen LogP contribution is 2.39. The Hall–Kier alpha value is -3.17. The van der Waals surface area contributed by atoms with Crippen molar-refractivity contribution < 1.29 is 24.0 Å². The molecular formula is C19H26N4O6. The van der Waals surface area contributed by atoms with Gasteiger partial charge in [-0.3, -0.25) is 0 Å². The summed E-state index contributed by atoms with van der Waals surface area (Å²) in [5.41, 5.74) is 0.478. The minimum atomic E-state index is -0.983. The van der Waals surface area contributed by atoms with Crippen molar-refractivity contribution in [3.8, 4) is 0 Å². The van der Waals surface area contributed by atoms with E-state index in [4.69, 9.17) is 9.47 Å². The van der Waals surface area contributed by atoms with Crippen LogP contribution >= 0.6 is 0 Å². The van der Waals surface area contributed by atoms with Crippen molar-refractivity contribution in [1.82, 2.24) is 14.9 Å². The van der Waals surface area contributed by atoms with Crippen molar-refractivity contribution in [2.24, 2.45) is 7.05 Å². The number of ether oxygens (including phenoxy) is 2. The normalized spacial score (nSPS) is 17.1. The first-order valence-electron chi connectivity index (χ1n) is 9.14. The van der Waals surface area contributed by atoms with E-state index in [1.165, 1.54) is 11.6 Å². The Morgan fingerprint density at radius 2 is 1.79 bits per heavy atom. The van der Waals surface area contributed by atoms with Crippen LogP contribution < -0.4 is 5.32 Å². The number of nitrogens with one attached hydrogen (secondary N) is 1. The highest BCUT2D eigenvalue weighted by molar-refractivity contribution is 5.99. The quantitative estimate of drug-likeness (QED) is 0.449. The molecule has 1 aliphatic rings. The predicted octanol–water partition coefficient (Wildman–Crippen LogP) is 2.47. The summed E-state index contributed by atoms with van der Waals surface area (Å²) in [5.74, 6) is -2.36. The van der Waals surface area contributed by atoms with Crippen LogP contribution in [0.15, 0.2) is 28.7 Å². The lowest BCUT2D eigenvalue weighted by atomic mass is 9.84. The number of aromatic nitrogens is 2. The van der Waals surface area contributed by atoms with E-state index >= 15 is 0 Å². The smallest absolute Gasteiger partial charge is 0.342 e. The van der Waals surface area contributed by atoms with Gasteiger partial charge in [0.05, 0.1) is 24.8 Å². The standard InChI is InChI=1S/C19H26N4O6/c1-8-28-17(24)13-10(2)21-11(3)14(18(25)29-19(4,5)6)15(13)16-20-9-12(22(16)7)23(26)27/h9,15,21H,8H2,1-7H3. The Morgan fingerprint density at radius 1 is 1.24 bits per heavy atom. The first-order valence-corrected chi connectivity index (χ1v) is 9.14. The highest BCUT2D eigenvalue weighted by Gasteiger charge is 2.43. The Kier molecular flexibility index (Phi) is 6.15. The van der Waals surface area contributed by atoms with Gasteiger partial charge in [-0.1, -0.05) is 0 Å². The molecule has 0 fully saturated rings. The van der Waals surface area contributed by atoms with Crippen molar-refractivity contribution >= 4 is 17.8 Å². The lowest BCUT2D eigenvalue weighted by Crippen LogP contribution is -2.35. The summed E-state index contributed by atoms with van der Waals surface area (Å²) in [6.45, 7) is 10.3. The van der Waals surface area contributed by atoms with Crippen LogP contribution in [0.5, 0.6) is 0 Å². The van der Waals surface area contributed by atoms with Gasteiger partial charge in [0.15, 0.2) is 0 Å². The van der Waals surface area contributed by atoms with E-state index < -0.39 is 28.4 Å². The number of hydrogen-bond donors (Lipinski definition) is 1. The maximum absolute atomic E-state index is 13.0. The van der Waals surface area contributed by atoms with E-state index in [0.717, 1.165) is 6.20 Å². The Morgan fingerprint density at radius 3 is 2.24 bits per heavy atom. The largest absolute Gasteiger partial charge is 0.463 e. The second kappa shape index (κ2) is 8.06. The van der Waals surface area contributed by atoms with Gasteiger partial charge in [-0.05, 0) is 46.5 Å². The van der Waals surface area contributed by atoms with Crippen LogP contribution in [0.2, 0.25) is 0 Å². The van der Waals surface area contributed by atoms with Crippen molar-refractivity contribution in [3.05, 3.63) is 44.7 Å². The van der Waals surface area contributed by atoms with Crippen LogP contribution in [-0.2, 0) is 26.1 Å². The van der Waals surface area contributed by atoms with E-state index in [2.05, 4.69) is 10.3 Å². The molecule has 0 aliphatic carbocycles. The fourth-order valence-corrected chi connectivity index (χ4v) is 3.19.